The van der Waals surface area contributed by atoms with Gasteiger partial charge in [0, 0.05) is 25.6 Å². The van der Waals surface area contributed by atoms with E-state index in [0.29, 0.717) is 18.7 Å². The average molecular weight is 286 g/mol. The minimum Gasteiger partial charge on any atom is -0.477 e. The van der Waals surface area contributed by atoms with Crippen molar-refractivity contribution in [2.45, 2.75) is 6.42 Å². The van der Waals surface area contributed by atoms with Crippen molar-refractivity contribution in [3.05, 3.63) is 36.0 Å². The van der Waals surface area contributed by atoms with E-state index in [2.05, 4.69) is 10.2 Å². The highest BCUT2D eigenvalue weighted by molar-refractivity contribution is 5.87. The Balaban J connectivity index is 1.83. The Hall–Kier alpha value is -2.83. The number of rotatable bonds is 3. The van der Waals surface area contributed by atoms with Crippen LogP contribution in [0.3, 0.4) is 0 Å². The number of benzene rings is 1. The molecular formula is C14H14N4O3. The number of aromatic carboxylic acids is 1. The fourth-order valence-electron chi connectivity index (χ4n) is 2.33. The number of nitrogens with zero attached hydrogens (tertiary/aromatic N) is 3. The Bertz CT molecular complexity index is 692. The molecule has 0 bridgehead atoms. The number of aromatic nitrogens is 2. The molecule has 0 spiro atoms. The van der Waals surface area contributed by atoms with Crippen LogP contribution in [0.15, 0.2) is 30.3 Å². The predicted octanol–water partition coefficient (Wildman–Crippen LogP) is 1.36. The number of hydrogen-bond donors (Lipinski definition) is 2. The quantitative estimate of drug-likeness (QED) is 0.889. The molecule has 1 fully saturated rings. The lowest BCUT2D eigenvalue weighted by molar-refractivity contribution is -0.126. The van der Waals surface area contributed by atoms with Crippen LogP contribution in [0, 0.1) is 0 Å². The first kappa shape index (κ1) is 13.2. The minimum atomic E-state index is -1.04. The highest BCUT2D eigenvalue weighted by Crippen LogP contribution is 2.25. The summed E-state index contributed by atoms with van der Waals surface area (Å²) in [6.07, 6.45) is 0.513. The number of hydrogen-bond acceptors (Lipinski definition) is 4. The summed E-state index contributed by atoms with van der Waals surface area (Å²) < 4.78 is 0. The third kappa shape index (κ3) is 2.33. The summed E-state index contributed by atoms with van der Waals surface area (Å²) in [4.78, 5) is 22.4. The summed E-state index contributed by atoms with van der Waals surface area (Å²) >= 11 is 0. The van der Waals surface area contributed by atoms with Crippen LogP contribution in [-0.2, 0) is 4.79 Å². The second kappa shape index (κ2) is 4.93. The Morgan fingerprint density at radius 3 is 2.57 bits per heavy atom. The van der Waals surface area contributed by atoms with Gasteiger partial charge in [-0.25, -0.2) is 4.79 Å². The van der Waals surface area contributed by atoms with Crippen molar-refractivity contribution in [1.82, 2.24) is 15.2 Å². The summed E-state index contributed by atoms with van der Waals surface area (Å²) in [6.45, 7) is 0.667. The number of H-pyrrole nitrogens is 1. The molecule has 3 rings (SSSR count). The standard InChI is InChI=1S/C14H14N4O3/c1-17-13(19)6-7-18(17)10-4-2-9(3-5-10)11-8-12(14(20)21)16-15-11/h2-5,8H,6-7H2,1H3,(H,15,16)(H,20,21). The average Bonchev–Trinajstić information content (AvgIpc) is 3.08. The zero-order valence-electron chi connectivity index (χ0n) is 11.4. The number of hydrazine groups is 1. The molecule has 7 heteroatoms. The van der Waals surface area contributed by atoms with Crippen LogP contribution in [0.2, 0.25) is 0 Å². The van der Waals surface area contributed by atoms with Gasteiger partial charge in [-0.15, -0.1) is 0 Å². The molecule has 2 N–H and O–H groups in total. The van der Waals surface area contributed by atoms with Gasteiger partial charge in [-0.1, -0.05) is 12.1 Å². The second-order valence-electron chi connectivity index (χ2n) is 4.81. The van der Waals surface area contributed by atoms with Crippen LogP contribution >= 0.6 is 0 Å². The Morgan fingerprint density at radius 1 is 1.33 bits per heavy atom. The molecule has 0 radical (unpaired) electrons. The molecule has 0 unspecified atom stereocenters. The van der Waals surface area contributed by atoms with Gasteiger partial charge in [-0.3, -0.25) is 19.9 Å². The van der Waals surface area contributed by atoms with E-state index in [1.165, 1.54) is 6.07 Å². The van der Waals surface area contributed by atoms with E-state index in [4.69, 9.17) is 5.11 Å². The molecule has 0 saturated carbocycles. The molecule has 0 atom stereocenters. The lowest BCUT2D eigenvalue weighted by Crippen LogP contribution is -2.35. The van der Waals surface area contributed by atoms with Crippen molar-refractivity contribution in [2.24, 2.45) is 0 Å². The van der Waals surface area contributed by atoms with Crippen molar-refractivity contribution in [3.8, 4) is 11.3 Å². The zero-order chi connectivity index (χ0) is 15.0. The molecular weight excluding hydrogens is 272 g/mol. The fraction of sp³-hybridized carbons (Fsp3) is 0.214. The maximum atomic E-state index is 11.5. The van der Waals surface area contributed by atoms with E-state index in [-0.39, 0.29) is 11.6 Å². The van der Waals surface area contributed by atoms with Crippen molar-refractivity contribution in [3.63, 3.8) is 0 Å². The van der Waals surface area contributed by atoms with E-state index in [1.54, 1.807) is 12.1 Å². The molecule has 2 heterocycles. The van der Waals surface area contributed by atoms with Gasteiger partial charge >= 0.3 is 5.97 Å². The van der Waals surface area contributed by atoms with Crippen molar-refractivity contribution in [2.75, 3.05) is 18.6 Å². The number of aromatic amines is 1. The topological polar surface area (TPSA) is 89.5 Å². The third-order valence-corrected chi connectivity index (χ3v) is 3.53. The van der Waals surface area contributed by atoms with Gasteiger partial charge in [0.15, 0.2) is 0 Å². The van der Waals surface area contributed by atoms with Crippen LogP contribution in [0.5, 0.6) is 0 Å². The van der Waals surface area contributed by atoms with Gasteiger partial charge in [0.2, 0.25) is 5.91 Å². The molecule has 1 aromatic carbocycles. The summed E-state index contributed by atoms with van der Waals surface area (Å²) in [5.74, 6) is -0.944. The van der Waals surface area contributed by atoms with Gasteiger partial charge in [-0.05, 0) is 18.2 Å². The second-order valence-corrected chi connectivity index (χ2v) is 4.81. The van der Waals surface area contributed by atoms with Crippen LogP contribution < -0.4 is 5.01 Å². The summed E-state index contributed by atoms with van der Waals surface area (Å²) in [6, 6.07) is 8.98. The highest BCUT2D eigenvalue weighted by Gasteiger charge is 2.25. The van der Waals surface area contributed by atoms with E-state index < -0.39 is 5.97 Å². The van der Waals surface area contributed by atoms with Gasteiger partial charge in [-0.2, -0.15) is 5.10 Å². The Morgan fingerprint density at radius 2 is 2.05 bits per heavy atom. The molecule has 108 valence electrons. The van der Waals surface area contributed by atoms with Gasteiger partial charge in [0.1, 0.15) is 5.69 Å². The first-order chi connectivity index (χ1) is 10.1. The zero-order valence-corrected chi connectivity index (χ0v) is 11.4. The lowest BCUT2D eigenvalue weighted by atomic mass is 10.1. The van der Waals surface area contributed by atoms with E-state index in [9.17, 15) is 9.59 Å². The predicted molar refractivity (Wildman–Crippen MR) is 75.7 cm³/mol. The van der Waals surface area contributed by atoms with Crippen molar-refractivity contribution < 1.29 is 14.7 Å². The van der Waals surface area contributed by atoms with Gasteiger partial charge in [0.05, 0.1) is 11.4 Å². The third-order valence-electron chi connectivity index (χ3n) is 3.53. The maximum absolute atomic E-state index is 11.5. The number of amides is 1. The number of carboxylic acids is 1. The smallest absolute Gasteiger partial charge is 0.353 e. The molecule has 1 aromatic heterocycles. The molecule has 21 heavy (non-hydrogen) atoms. The van der Waals surface area contributed by atoms with E-state index in [1.807, 2.05) is 29.3 Å². The minimum absolute atomic E-state index is 0.0546. The SMILES string of the molecule is CN1C(=O)CCN1c1ccc(-c2cc(C(=O)O)[nH]n2)cc1. The largest absolute Gasteiger partial charge is 0.477 e. The van der Waals surface area contributed by atoms with Crippen LogP contribution in [0.1, 0.15) is 16.9 Å². The highest BCUT2D eigenvalue weighted by atomic mass is 16.4. The first-order valence-electron chi connectivity index (χ1n) is 6.49. The Kier molecular flexibility index (Phi) is 3.09. The Labute approximate surface area is 120 Å². The van der Waals surface area contributed by atoms with E-state index >= 15 is 0 Å². The molecule has 2 aromatic rings. The number of anilines is 1. The number of nitrogens with one attached hydrogen (secondary N) is 1. The number of carboxylic acid groups (broad SMARTS) is 1. The summed E-state index contributed by atoms with van der Waals surface area (Å²) in [5.41, 5.74) is 2.36. The van der Waals surface area contributed by atoms with Crippen molar-refractivity contribution >= 4 is 17.6 Å². The summed E-state index contributed by atoms with van der Waals surface area (Å²) in [7, 11) is 1.75. The molecule has 1 aliphatic heterocycles. The molecule has 1 saturated heterocycles. The molecule has 7 nitrogen and oxygen atoms in total. The molecule has 1 aliphatic rings. The normalized spacial score (nSPS) is 14.8. The number of carbonyl (C=O) groups is 2. The molecule has 0 aliphatic carbocycles. The van der Waals surface area contributed by atoms with Crippen LogP contribution in [0.25, 0.3) is 11.3 Å². The van der Waals surface area contributed by atoms with Crippen molar-refractivity contribution in [1.29, 1.82) is 0 Å². The maximum Gasteiger partial charge on any atom is 0.353 e. The summed E-state index contributed by atoms with van der Waals surface area (Å²) in [5, 5.41) is 18.8. The van der Waals surface area contributed by atoms with E-state index in [0.717, 1.165) is 11.3 Å². The monoisotopic (exact) mass is 286 g/mol. The molecule has 1 amide bonds. The van der Waals surface area contributed by atoms with Gasteiger partial charge < -0.3 is 5.11 Å². The fourth-order valence-corrected chi connectivity index (χ4v) is 2.33. The first-order valence-corrected chi connectivity index (χ1v) is 6.49. The lowest BCUT2D eigenvalue weighted by Gasteiger charge is -2.26. The van der Waals surface area contributed by atoms with Crippen LogP contribution in [0.4, 0.5) is 5.69 Å². The van der Waals surface area contributed by atoms with Gasteiger partial charge in [0.25, 0.3) is 0 Å². The number of carbonyl (C=O) groups excluding carboxylic acids is 1. The van der Waals surface area contributed by atoms with Crippen LogP contribution in [-0.4, -0.2) is 45.8 Å².